The number of carbonyl (C=O) groups excluding carboxylic acids is 3. The molecule has 0 unspecified atom stereocenters. The number of ether oxygens (including phenoxy) is 3. The van der Waals surface area contributed by atoms with Gasteiger partial charge in [0.15, 0.2) is 17.1 Å². The number of nitrogens with one attached hydrogen (secondary N) is 6. The number of fused-ring (bicyclic) bond motifs is 6. The van der Waals surface area contributed by atoms with Gasteiger partial charge in [-0.3, -0.25) is 37.6 Å². The van der Waals surface area contributed by atoms with Crippen LogP contribution in [0.2, 0.25) is 0 Å². The third-order valence-corrected chi connectivity index (χ3v) is 20.8. The molecule has 16 heterocycles. The quantitative estimate of drug-likeness (QED) is 0.0461. The van der Waals surface area contributed by atoms with Gasteiger partial charge in [0.05, 0.1) is 160 Å². The molecule has 3 atom stereocenters. The van der Waals surface area contributed by atoms with Gasteiger partial charge < -0.3 is 76.1 Å². The molecular weight excluding hydrogens is 1400 g/mol. The molecule has 6 aliphatic rings. The fourth-order valence-electron chi connectivity index (χ4n) is 14.7. The van der Waals surface area contributed by atoms with E-state index in [1.165, 1.54) is 0 Å². The topological polar surface area (TPSA) is 338 Å². The van der Waals surface area contributed by atoms with Gasteiger partial charge in [-0.15, -0.1) is 0 Å². The van der Waals surface area contributed by atoms with Crippen molar-refractivity contribution in [3.63, 3.8) is 0 Å². The molecule has 6 aliphatic heterocycles. The number of morpholine rings is 3. The molecule has 9 N–H and O–H groups in total. The Morgan fingerprint density at radius 1 is 0.455 bits per heavy atom. The van der Waals surface area contributed by atoms with Crippen molar-refractivity contribution in [2.24, 2.45) is 0 Å². The molecule has 29 nitrogen and oxygen atoms in total. The zero-order chi connectivity index (χ0) is 76.3. The van der Waals surface area contributed by atoms with Crippen LogP contribution in [0.4, 0.5) is 56.0 Å². The minimum absolute atomic E-state index is 0.118. The summed E-state index contributed by atoms with van der Waals surface area (Å²) in [4.78, 5) is 80.6. The van der Waals surface area contributed by atoms with Crippen molar-refractivity contribution in [1.29, 1.82) is 0 Å². The lowest BCUT2D eigenvalue weighted by molar-refractivity contribution is -0.0928. The van der Waals surface area contributed by atoms with Crippen molar-refractivity contribution < 1.29 is 48.3 Å². The van der Waals surface area contributed by atoms with Gasteiger partial charge in [0.25, 0.3) is 17.7 Å². The molecule has 18 rings (SSSR count). The highest BCUT2D eigenvalue weighted by atomic mass is 19.1. The molecule has 0 bridgehead atoms. The molecule has 0 saturated carbocycles. The first kappa shape index (κ1) is 72.2. The van der Waals surface area contributed by atoms with Crippen LogP contribution >= 0.6 is 0 Å². The Morgan fingerprint density at radius 2 is 0.909 bits per heavy atom. The van der Waals surface area contributed by atoms with E-state index in [1.54, 1.807) is 121 Å². The van der Waals surface area contributed by atoms with Gasteiger partial charge >= 0.3 is 0 Å². The van der Waals surface area contributed by atoms with Crippen LogP contribution in [0.15, 0.2) is 159 Å². The minimum Gasteiger partial charge on any atom is -0.388 e. The summed E-state index contributed by atoms with van der Waals surface area (Å²) in [6.45, 7) is 19.0. The minimum atomic E-state index is -0.933. The monoisotopic (exact) mass is 1490 g/mol. The van der Waals surface area contributed by atoms with Gasteiger partial charge in [-0.25, -0.2) is 34.3 Å². The van der Waals surface area contributed by atoms with Crippen LogP contribution in [0.5, 0.6) is 0 Å². The number of rotatable bonds is 15. The molecule has 30 heteroatoms. The SMILES string of the molecule is CC(C)(O)[C@@H]1CN(c2ccc(Nc3cnc(-c4cnc5ccccn45)c4c3C(=O)NC4)nc2)CCO1.CC(C)(O)[C@H]1CN(c2ccc(Nc3ccc(-c4cnc5cnccn45)c4c3C(=O)NC4)nc2)CCO1.Cc1ccn2c(-c3ccc(Nc4ccc(N5CCO[C@@H](C(C)(C)O)C5)cn4)c4c3CNC4=O)cnc2c1F. The largest absolute Gasteiger partial charge is 0.388 e. The summed E-state index contributed by atoms with van der Waals surface area (Å²) in [6, 6.07) is 26.8. The number of nitrogens with zero attached hydrogens (tertiary/aromatic N) is 14. The number of aliphatic hydroxyl groups is 3. The van der Waals surface area contributed by atoms with E-state index in [-0.39, 0.29) is 47.5 Å². The molecule has 0 spiro atoms. The third-order valence-electron chi connectivity index (χ3n) is 20.8. The first-order valence-electron chi connectivity index (χ1n) is 36.4. The Hall–Kier alpha value is -12.1. The average molecular weight is 1490 g/mol. The van der Waals surface area contributed by atoms with E-state index in [2.05, 4.69) is 81.5 Å². The predicted octanol–water partition coefficient (Wildman–Crippen LogP) is 9.32. The van der Waals surface area contributed by atoms with Crippen LogP contribution in [-0.4, -0.2) is 180 Å². The van der Waals surface area contributed by atoms with Crippen molar-refractivity contribution >= 4 is 86.2 Å². The number of aromatic nitrogens is 11. The van der Waals surface area contributed by atoms with Crippen molar-refractivity contribution in [2.45, 2.75) is 103 Å². The van der Waals surface area contributed by atoms with Gasteiger partial charge in [-0.1, -0.05) is 18.2 Å². The van der Waals surface area contributed by atoms with Gasteiger partial charge in [0.2, 0.25) is 0 Å². The van der Waals surface area contributed by atoms with Gasteiger partial charge in [-0.2, -0.15) is 0 Å². The molecule has 0 aliphatic carbocycles. The maximum atomic E-state index is 14.6. The Morgan fingerprint density at radius 3 is 1.41 bits per heavy atom. The number of halogens is 1. The molecule has 3 amide bonds. The lowest BCUT2D eigenvalue weighted by atomic mass is 9.99. The number of hydrogen-bond acceptors (Lipinski definition) is 23. The molecule has 2 aromatic carbocycles. The predicted molar refractivity (Wildman–Crippen MR) is 413 cm³/mol. The number of carbonyl (C=O) groups is 3. The fraction of sp³-hybridized carbons (Fsp3) is 0.312. The summed E-state index contributed by atoms with van der Waals surface area (Å²) < 4.78 is 37.5. The third kappa shape index (κ3) is 14.3. The highest BCUT2D eigenvalue weighted by Gasteiger charge is 2.37. The van der Waals surface area contributed by atoms with E-state index < -0.39 is 16.8 Å². The smallest absolute Gasteiger partial charge is 0.254 e. The molecule has 3 fully saturated rings. The van der Waals surface area contributed by atoms with Crippen LogP contribution in [0.3, 0.4) is 0 Å². The number of amides is 3. The second kappa shape index (κ2) is 29.2. The number of imidazole rings is 3. The first-order chi connectivity index (χ1) is 53.0. The fourth-order valence-corrected chi connectivity index (χ4v) is 14.7. The molecule has 110 heavy (non-hydrogen) atoms. The molecule has 564 valence electrons. The lowest BCUT2D eigenvalue weighted by Gasteiger charge is -2.39. The Bertz CT molecular complexity index is 5280. The van der Waals surface area contributed by atoms with Crippen LogP contribution in [0.1, 0.15) is 94.9 Å². The van der Waals surface area contributed by atoms with Crippen molar-refractivity contribution in [1.82, 2.24) is 69.0 Å². The van der Waals surface area contributed by atoms with Gasteiger partial charge in [0, 0.05) is 100 Å². The Balaban J connectivity index is 0.000000125. The molecule has 12 aromatic rings. The summed E-state index contributed by atoms with van der Waals surface area (Å²) in [7, 11) is 0. The first-order valence-corrected chi connectivity index (χ1v) is 36.4. The van der Waals surface area contributed by atoms with Crippen molar-refractivity contribution in [3.05, 3.63) is 204 Å². The normalized spacial score (nSPS) is 17.7. The number of hydrogen-bond donors (Lipinski definition) is 9. The van der Waals surface area contributed by atoms with E-state index >= 15 is 0 Å². The molecule has 10 aromatic heterocycles. The van der Waals surface area contributed by atoms with E-state index in [1.807, 2.05) is 100 Å². The van der Waals surface area contributed by atoms with Crippen LogP contribution in [-0.2, 0) is 33.8 Å². The maximum absolute atomic E-state index is 14.6. The number of pyridine rings is 6. The number of anilines is 9. The van der Waals surface area contributed by atoms with E-state index in [9.17, 15) is 34.1 Å². The Kier molecular flexibility index (Phi) is 19.1. The highest BCUT2D eigenvalue weighted by Crippen LogP contribution is 2.40. The molecule has 0 radical (unpaired) electrons. The van der Waals surface area contributed by atoms with Gasteiger partial charge in [-0.05, 0) is 132 Å². The number of benzene rings is 2. The molecule has 3 saturated heterocycles. The summed E-state index contributed by atoms with van der Waals surface area (Å²) in [5.41, 5.74) is 13.6. The number of aryl methyl sites for hydroxylation is 1. The van der Waals surface area contributed by atoms with Crippen LogP contribution < -0.4 is 46.6 Å². The highest BCUT2D eigenvalue weighted by molar-refractivity contribution is 6.08. The lowest BCUT2D eigenvalue weighted by Crippen LogP contribution is -2.52. The van der Waals surface area contributed by atoms with E-state index in [0.717, 1.165) is 92.0 Å². The summed E-state index contributed by atoms with van der Waals surface area (Å²) in [6.07, 6.45) is 20.4. The summed E-state index contributed by atoms with van der Waals surface area (Å²) in [5, 5.41) is 49.6. The summed E-state index contributed by atoms with van der Waals surface area (Å²) >= 11 is 0. The van der Waals surface area contributed by atoms with Crippen LogP contribution in [0.25, 0.3) is 50.8 Å². The second-order valence-electron chi connectivity index (χ2n) is 29.6. The van der Waals surface area contributed by atoms with E-state index in [4.69, 9.17) is 19.2 Å². The Labute approximate surface area is 631 Å². The van der Waals surface area contributed by atoms with E-state index in [0.29, 0.717) is 122 Å². The van der Waals surface area contributed by atoms with Crippen molar-refractivity contribution in [3.8, 4) is 33.9 Å². The average Bonchev–Trinajstić information content (AvgIpc) is 1.61. The van der Waals surface area contributed by atoms with Crippen LogP contribution in [0, 0.1) is 12.7 Å². The standard InChI is InChI=1S/C28H29FN6O3.2C26H27N7O3/c1-16-8-9-35-21(14-31-26(35)25(16)29)18-5-6-20(24-19(18)13-32-27(24)36)33-23-7-4-17(12-30-23)34-10-11-38-22(15-34)28(2,3)37;1-26(2,35)21-15-32(9-10-36-21)16-3-6-22(28-11-16)31-19-5-4-17(18-12-30-25(34)24(18)19)20-13-29-23-14-27-7-8-33(20)23;1-26(2,35)20-15-32(9-10-36-20)16-6-7-21(27-11-16)31-18-13-29-24(17-12-30-25(34)23(17)18)19-14-28-22-5-3-4-8-33(19)22/h4-9,12,14,22,37H,10-11,13,15H2,1-3H3,(H,30,33)(H,32,36);3-8,11,13-14,21,35H,9-10,12,15H2,1-2H3,(H,28,31)(H,30,34);3-8,11,13-14,20,35H,9-10,12,15H2,1-2H3,(H,27,31)(H,30,34)/t22-;21-;20-/m110/s1. The molecular formula is C80H83FN20O9. The zero-order valence-electron chi connectivity index (χ0n) is 61.7. The van der Waals surface area contributed by atoms with Gasteiger partial charge in [0.1, 0.15) is 41.4 Å². The van der Waals surface area contributed by atoms with Crippen molar-refractivity contribution in [2.75, 3.05) is 89.7 Å². The maximum Gasteiger partial charge on any atom is 0.254 e. The zero-order valence-corrected chi connectivity index (χ0v) is 61.7. The second-order valence-corrected chi connectivity index (χ2v) is 29.6. The summed E-state index contributed by atoms with van der Waals surface area (Å²) in [5.74, 6) is 1.05.